The minimum absolute atomic E-state index is 0.0400. The van der Waals surface area contributed by atoms with Crippen LogP contribution < -0.4 is 9.64 Å². The molecule has 0 saturated carbocycles. The molecule has 0 bridgehead atoms. The number of anilines is 1. The standard InChI is InChI=1S/C18H19NO2/c1-13-11-15-5-3-4-6-17(15)19(18(13)20)12-14-7-9-16(21-2)10-8-14/h3-10,13H,11-12H2,1-2H3. The van der Waals surface area contributed by atoms with Gasteiger partial charge in [0.25, 0.3) is 0 Å². The summed E-state index contributed by atoms with van der Waals surface area (Å²) < 4.78 is 5.17. The van der Waals surface area contributed by atoms with Crippen LogP contribution in [0, 0.1) is 5.92 Å². The number of methoxy groups -OCH3 is 1. The summed E-state index contributed by atoms with van der Waals surface area (Å²) in [5.41, 5.74) is 3.39. The molecular formula is C18H19NO2. The van der Waals surface area contributed by atoms with Gasteiger partial charge in [-0.1, -0.05) is 37.3 Å². The highest BCUT2D eigenvalue weighted by Gasteiger charge is 2.29. The Morgan fingerprint density at radius 1 is 1.14 bits per heavy atom. The average Bonchev–Trinajstić information content (AvgIpc) is 2.52. The number of rotatable bonds is 3. The van der Waals surface area contributed by atoms with Crippen LogP contribution in [0.25, 0.3) is 0 Å². The van der Waals surface area contributed by atoms with E-state index < -0.39 is 0 Å². The largest absolute Gasteiger partial charge is 0.497 e. The molecule has 108 valence electrons. The van der Waals surface area contributed by atoms with Crippen LogP contribution in [0.15, 0.2) is 48.5 Å². The predicted octanol–water partition coefficient (Wildman–Crippen LogP) is 3.42. The number of benzene rings is 2. The van der Waals surface area contributed by atoms with Crippen LogP contribution >= 0.6 is 0 Å². The highest BCUT2D eigenvalue weighted by molar-refractivity contribution is 5.97. The Labute approximate surface area is 125 Å². The molecule has 3 nitrogen and oxygen atoms in total. The zero-order valence-electron chi connectivity index (χ0n) is 12.4. The van der Waals surface area contributed by atoms with Gasteiger partial charge in [-0.3, -0.25) is 4.79 Å². The Morgan fingerprint density at radius 3 is 2.57 bits per heavy atom. The topological polar surface area (TPSA) is 29.5 Å². The van der Waals surface area contributed by atoms with E-state index in [1.54, 1.807) is 7.11 Å². The number of nitrogens with zero attached hydrogens (tertiary/aromatic N) is 1. The molecule has 0 fully saturated rings. The van der Waals surface area contributed by atoms with Gasteiger partial charge in [0.15, 0.2) is 0 Å². The molecule has 1 atom stereocenters. The van der Waals surface area contributed by atoms with Gasteiger partial charge in [0.05, 0.1) is 13.7 Å². The summed E-state index contributed by atoms with van der Waals surface area (Å²) in [7, 11) is 1.65. The number of hydrogen-bond donors (Lipinski definition) is 0. The molecule has 2 aromatic rings. The summed E-state index contributed by atoms with van der Waals surface area (Å²) in [4.78, 5) is 14.4. The third-order valence-corrected chi connectivity index (χ3v) is 4.00. The van der Waals surface area contributed by atoms with Crippen molar-refractivity contribution >= 4 is 11.6 Å². The van der Waals surface area contributed by atoms with Crippen molar-refractivity contribution in [2.75, 3.05) is 12.0 Å². The summed E-state index contributed by atoms with van der Waals surface area (Å²) in [6.07, 6.45) is 0.827. The normalized spacial score (nSPS) is 17.5. The second-order valence-electron chi connectivity index (χ2n) is 5.51. The second kappa shape index (κ2) is 5.60. The summed E-state index contributed by atoms with van der Waals surface area (Å²) in [6.45, 7) is 2.60. The lowest BCUT2D eigenvalue weighted by atomic mass is 9.93. The second-order valence-corrected chi connectivity index (χ2v) is 5.51. The maximum atomic E-state index is 12.5. The van der Waals surface area contributed by atoms with Gasteiger partial charge in [-0.15, -0.1) is 0 Å². The first-order valence-electron chi connectivity index (χ1n) is 7.21. The fraction of sp³-hybridized carbons (Fsp3) is 0.278. The van der Waals surface area contributed by atoms with E-state index in [2.05, 4.69) is 6.07 Å². The first kappa shape index (κ1) is 13.7. The van der Waals surface area contributed by atoms with Gasteiger partial charge in [-0.25, -0.2) is 0 Å². The molecule has 0 radical (unpaired) electrons. The quantitative estimate of drug-likeness (QED) is 0.862. The zero-order chi connectivity index (χ0) is 14.8. The number of ether oxygens (including phenoxy) is 1. The lowest BCUT2D eigenvalue weighted by Crippen LogP contribution is -2.39. The maximum absolute atomic E-state index is 12.5. The number of carbonyl (C=O) groups excluding carboxylic acids is 1. The number of hydrogen-bond acceptors (Lipinski definition) is 2. The molecule has 21 heavy (non-hydrogen) atoms. The Hall–Kier alpha value is -2.29. The van der Waals surface area contributed by atoms with Crippen molar-refractivity contribution in [3.8, 4) is 5.75 Å². The summed E-state index contributed by atoms with van der Waals surface area (Å²) in [6, 6.07) is 16.0. The Kier molecular flexibility index (Phi) is 3.65. The SMILES string of the molecule is COc1ccc(CN2C(=O)C(C)Cc3ccccc32)cc1. The van der Waals surface area contributed by atoms with Crippen molar-refractivity contribution in [2.45, 2.75) is 19.9 Å². The number of para-hydroxylation sites is 1. The molecule has 0 aliphatic carbocycles. The van der Waals surface area contributed by atoms with E-state index in [9.17, 15) is 4.79 Å². The Bertz CT molecular complexity index is 649. The van der Waals surface area contributed by atoms with Crippen molar-refractivity contribution < 1.29 is 9.53 Å². The Balaban J connectivity index is 1.90. The first-order valence-corrected chi connectivity index (χ1v) is 7.21. The molecule has 0 spiro atoms. The van der Waals surface area contributed by atoms with E-state index in [1.807, 2.05) is 54.3 Å². The lowest BCUT2D eigenvalue weighted by Gasteiger charge is -2.33. The van der Waals surface area contributed by atoms with Gasteiger partial charge in [0.1, 0.15) is 5.75 Å². The molecule has 0 aromatic heterocycles. The molecule has 2 aromatic carbocycles. The number of amides is 1. The van der Waals surface area contributed by atoms with Crippen molar-refractivity contribution in [1.82, 2.24) is 0 Å². The van der Waals surface area contributed by atoms with Gasteiger partial charge in [-0.2, -0.15) is 0 Å². The third kappa shape index (κ3) is 2.64. The maximum Gasteiger partial charge on any atom is 0.230 e. The highest BCUT2D eigenvalue weighted by atomic mass is 16.5. The van der Waals surface area contributed by atoms with Crippen molar-refractivity contribution in [1.29, 1.82) is 0 Å². The van der Waals surface area contributed by atoms with E-state index in [0.29, 0.717) is 6.54 Å². The smallest absolute Gasteiger partial charge is 0.230 e. The van der Waals surface area contributed by atoms with Gasteiger partial charge in [-0.05, 0) is 35.7 Å². The minimum Gasteiger partial charge on any atom is -0.497 e. The summed E-state index contributed by atoms with van der Waals surface area (Å²) in [5.74, 6) is 1.07. The van der Waals surface area contributed by atoms with Crippen molar-refractivity contribution in [3.63, 3.8) is 0 Å². The van der Waals surface area contributed by atoms with Gasteiger partial charge >= 0.3 is 0 Å². The van der Waals surface area contributed by atoms with Crippen molar-refractivity contribution in [2.24, 2.45) is 5.92 Å². The van der Waals surface area contributed by atoms with Crippen LogP contribution in [-0.4, -0.2) is 13.0 Å². The molecule has 1 aliphatic heterocycles. The molecule has 0 saturated heterocycles. The van der Waals surface area contributed by atoms with Crippen LogP contribution in [0.4, 0.5) is 5.69 Å². The molecule has 1 aliphatic rings. The van der Waals surface area contributed by atoms with Crippen LogP contribution in [0.1, 0.15) is 18.1 Å². The molecule has 0 N–H and O–H groups in total. The van der Waals surface area contributed by atoms with E-state index in [4.69, 9.17) is 4.74 Å². The first-order chi connectivity index (χ1) is 10.2. The van der Waals surface area contributed by atoms with Crippen molar-refractivity contribution in [3.05, 3.63) is 59.7 Å². The van der Waals surface area contributed by atoms with Crippen LogP contribution in [0.3, 0.4) is 0 Å². The fourth-order valence-electron chi connectivity index (χ4n) is 2.83. The monoisotopic (exact) mass is 281 g/mol. The summed E-state index contributed by atoms with van der Waals surface area (Å²) >= 11 is 0. The Morgan fingerprint density at radius 2 is 1.86 bits per heavy atom. The number of carbonyl (C=O) groups is 1. The molecular weight excluding hydrogens is 262 g/mol. The van der Waals surface area contributed by atoms with Gasteiger partial charge in [0, 0.05) is 11.6 Å². The van der Waals surface area contributed by atoms with E-state index in [-0.39, 0.29) is 11.8 Å². The predicted molar refractivity (Wildman–Crippen MR) is 83.5 cm³/mol. The fourth-order valence-corrected chi connectivity index (χ4v) is 2.83. The zero-order valence-corrected chi connectivity index (χ0v) is 12.4. The minimum atomic E-state index is 0.0400. The lowest BCUT2D eigenvalue weighted by molar-refractivity contribution is -0.122. The molecule has 1 unspecified atom stereocenters. The van der Waals surface area contributed by atoms with E-state index in [1.165, 1.54) is 5.56 Å². The molecule has 1 heterocycles. The summed E-state index contributed by atoms with van der Waals surface area (Å²) in [5, 5.41) is 0. The molecule has 1 amide bonds. The highest BCUT2D eigenvalue weighted by Crippen LogP contribution is 2.31. The van der Waals surface area contributed by atoms with Crippen LogP contribution in [0.5, 0.6) is 5.75 Å². The van der Waals surface area contributed by atoms with Crippen LogP contribution in [-0.2, 0) is 17.8 Å². The van der Waals surface area contributed by atoms with E-state index >= 15 is 0 Å². The molecule has 3 heteroatoms. The van der Waals surface area contributed by atoms with Gasteiger partial charge < -0.3 is 9.64 Å². The third-order valence-electron chi connectivity index (χ3n) is 4.00. The van der Waals surface area contributed by atoms with E-state index in [0.717, 1.165) is 23.4 Å². The average molecular weight is 281 g/mol. The van der Waals surface area contributed by atoms with Gasteiger partial charge in [0.2, 0.25) is 5.91 Å². The van der Waals surface area contributed by atoms with Crippen LogP contribution in [0.2, 0.25) is 0 Å². The number of fused-ring (bicyclic) bond motifs is 1. The molecule has 3 rings (SSSR count).